The summed E-state index contributed by atoms with van der Waals surface area (Å²) in [6.07, 6.45) is 7.85. The molecule has 4 fully saturated rings. The molecular formula is C18H25N3O3S. The van der Waals surface area contributed by atoms with Crippen molar-refractivity contribution in [1.29, 1.82) is 0 Å². The molecule has 2 amide bonds. The van der Waals surface area contributed by atoms with Crippen molar-refractivity contribution in [1.82, 2.24) is 5.32 Å². The summed E-state index contributed by atoms with van der Waals surface area (Å²) in [7, 11) is -3.78. The van der Waals surface area contributed by atoms with E-state index in [0.717, 1.165) is 17.8 Å². The van der Waals surface area contributed by atoms with Crippen LogP contribution >= 0.6 is 0 Å². The fourth-order valence-corrected chi connectivity index (χ4v) is 6.26. The van der Waals surface area contributed by atoms with Crippen molar-refractivity contribution in [2.75, 3.05) is 11.9 Å². The molecule has 6 nitrogen and oxygen atoms in total. The molecule has 4 saturated carbocycles. The Morgan fingerprint density at radius 2 is 1.72 bits per heavy atom. The molecule has 25 heavy (non-hydrogen) atoms. The average Bonchev–Trinajstić information content (AvgIpc) is 2.51. The van der Waals surface area contributed by atoms with Crippen LogP contribution in [0.3, 0.4) is 0 Å². The molecule has 136 valence electrons. The summed E-state index contributed by atoms with van der Waals surface area (Å²) in [5.41, 5.74) is 0.698. The Bertz CT molecular complexity index is 755. The van der Waals surface area contributed by atoms with Gasteiger partial charge in [0.25, 0.3) is 0 Å². The highest BCUT2D eigenvalue weighted by Gasteiger charge is 2.50. The van der Waals surface area contributed by atoms with Gasteiger partial charge in [0, 0.05) is 12.2 Å². The van der Waals surface area contributed by atoms with Crippen LogP contribution < -0.4 is 15.8 Å². The van der Waals surface area contributed by atoms with E-state index < -0.39 is 10.0 Å². The second-order valence-electron chi connectivity index (χ2n) is 8.30. The zero-order valence-electron chi connectivity index (χ0n) is 14.2. The lowest BCUT2D eigenvalue weighted by atomic mass is 9.49. The van der Waals surface area contributed by atoms with Gasteiger partial charge in [-0.1, -0.05) is 6.07 Å². The third-order valence-corrected chi connectivity index (χ3v) is 7.12. The molecule has 0 unspecified atom stereocenters. The Labute approximate surface area is 148 Å². The van der Waals surface area contributed by atoms with E-state index in [0.29, 0.717) is 12.2 Å². The summed E-state index contributed by atoms with van der Waals surface area (Å²) in [5.74, 6) is 2.55. The zero-order chi connectivity index (χ0) is 17.7. The summed E-state index contributed by atoms with van der Waals surface area (Å²) >= 11 is 0. The van der Waals surface area contributed by atoms with Crippen LogP contribution in [-0.2, 0) is 10.0 Å². The van der Waals surface area contributed by atoms with Gasteiger partial charge in [-0.25, -0.2) is 18.4 Å². The Balaban J connectivity index is 1.37. The Morgan fingerprint density at radius 3 is 2.28 bits per heavy atom. The van der Waals surface area contributed by atoms with Gasteiger partial charge in [-0.3, -0.25) is 0 Å². The Hall–Kier alpha value is -1.60. The molecule has 0 spiro atoms. The molecule has 5 rings (SSSR count). The summed E-state index contributed by atoms with van der Waals surface area (Å²) in [5, 5.41) is 10.9. The lowest BCUT2D eigenvalue weighted by molar-refractivity contribution is -0.0496. The van der Waals surface area contributed by atoms with Crippen LogP contribution in [0.2, 0.25) is 0 Å². The van der Waals surface area contributed by atoms with Crippen molar-refractivity contribution in [3.63, 3.8) is 0 Å². The van der Waals surface area contributed by atoms with Gasteiger partial charge in [-0.15, -0.1) is 0 Å². The van der Waals surface area contributed by atoms with E-state index in [1.165, 1.54) is 50.7 Å². The number of urea groups is 1. The maximum Gasteiger partial charge on any atom is 0.319 e. The number of rotatable bonds is 4. The van der Waals surface area contributed by atoms with Gasteiger partial charge >= 0.3 is 6.03 Å². The fourth-order valence-electron chi connectivity index (χ4n) is 5.70. The highest BCUT2D eigenvalue weighted by molar-refractivity contribution is 7.89. The molecule has 4 N–H and O–H groups in total. The molecule has 0 radical (unpaired) electrons. The maximum absolute atomic E-state index is 12.3. The number of primary sulfonamides is 1. The summed E-state index contributed by atoms with van der Waals surface area (Å²) in [6, 6.07) is 5.71. The normalized spacial score (nSPS) is 33.2. The topological polar surface area (TPSA) is 101 Å². The predicted molar refractivity (Wildman–Crippen MR) is 95.4 cm³/mol. The first-order valence-electron chi connectivity index (χ1n) is 8.99. The van der Waals surface area contributed by atoms with E-state index in [4.69, 9.17) is 5.14 Å². The molecule has 7 heteroatoms. The van der Waals surface area contributed by atoms with E-state index in [-0.39, 0.29) is 16.3 Å². The third-order valence-electron chi connectivity index (χ3n) is 6.21. The molecule has 4 bridgehead atoms. The third kappa shape index (κ3) is 3.53. The van der Waals surface area contributed by atoms with Crippen LogP contribution in [0.4, 0.5) is 10.5 Å². The molecular weight excluding hydrogens is 338 g/mol. The number of amides is 2. The standard InChI is InChI=1S/C18H25N3O3S/c19-25(23,24)16-3-1-2-15(7-16)21-17(22)20-11-18-8-12-4-13(9-18)6-14(5-12)10-18/h1-3,7,12-14H,4-6,8-11H2,(H2,19,23,24)(H2,20,21,22). The molecule has 0 saturated heterocycles. The Kier molecular flexibility index (Phi) is 4.03. The first-order valence-corrected chi connectivity index (χ1v) is 10.5. The van der Waals surface area contributed by atoms with Gasteiger partial charge < -0.3 is 10.6 Å². The number of sulfonamides is 1. The van der Waals surface area contributed by atoms with Crippen LogP contribution in [0.25, 0.3) is 0 Å². The second-order valence-corrected chi connectivity index (χ2v) is 9.86. The summed E-state index contributed by atoms with van der Waals surface area (Å²) in [4.78, 5) is 12.3. The smallest absolute Gasteiger partial charge is 0.319 e. The Morgan fingerprint density at radius 1 is 1.12 bits per heavy atom. The van der Waals surface area contributed by atoms with Gasteiger partial charge in [0.2, 0.25) is 10.0 Å². The van der Waals surface area contributed by atoms with Crippen molar-refractivity contribution < 1.29 is 13.2 Å². The van der Waals surface area contributed by atoms with E-state index in [2.05, 4.69) is 10.6 Å². The molecule has 0 aliphatic heterocycles. The molecule has 4 aliphatic carbocycles. The zero-order valence-corrected chi connectivity index (χ0v) is 15.0. The van der Waals surface area contributed by atoms with Crippen molar-refractivity contribution in [3.8, 4) is 0 Å². The monoisotopic (exact) mass is 363 g/mol. The van der Waals surface area contributed by atoms with E-state index in [1.54, 1.807) is 12.1 Å². The average molecular weight is 363 g/mol. The SMILES string of the molecule is NS(=O)(=O)c1cccc(NC(=O)NCC23CC4CC(CC(C4)C2)C3)c1. The first kappa shape index (κ1) is 16.8. The minimum absolute atomic E-state index is 0.00798. The van der Waals surface area contributed by atoms with E-state index in [1.807, 2.05) is 0 Å². The van der Waals surface area contributed by atoms with Crippen molar-refractivity contribution in [2.45, 2.75) is 43.4 Å². The predicted octanol–water partition coefficient (Wildman–Crippen LogP) is 2.67. The van der Waals surface area contributed by atoms with Gasteiger partial charge in [0.15, 0.2) is 0 Å². The lowest BCUT2D eigenvalue weighted by Crippen LogP contribution is -2.51. The number of carbonyl (C=O) groups excluding carboxylic acids is 1. The molecule has 1 aromatic rings. The molecule has 1 aromatic carbocycles. The number of nitrogens with two attached hydrogens (primary N) is 1. The van der Waals surface area contributed by atoms with Crippen molar-refractivity contribution >= 4 is 21.7 Å². The van der Waals surface area contributed by atoms with Crippen LogP contribution in [-0.4, -0.2) is 21.0 Å². The molecule has 0 heterocycles. The minimum atomic E-state index is -3.78. The largest absolute Gasteiger partial charge is 0.337 e. The van der Waals surface area contributed by atoms with Crippen LogP contribution in [0.5, 0.6) is 0 Å². The van der Waals surface area contributed by atoms with Crippen LogP contribution in [0.1, 0.15) is 38.5 Å². The van der Waals surface area contributed by atoms with E-state index >= 15 is 0 Å². The van der Waals surface area contributed by atoms with Crippen LogP contribution in [0, 0.1) is 23.2 Å². The lowest BCUT2D eigenvalue weighted by Gasteiger charge is -2.56. The highest BCUT2D eigenvalue weighted by atomic mass is 32.2. The van der Waals surface area contributed by atoms with Gasteiger partial charge in [0.05, 0.1) is 4.90 Å². The van der Waals surface area contributed by atoms with Gasteiger partial charge in [-0.2, -0.15) is 0 Å². The van der Waals surface area contributed by atoms with Crippen molar-refractivity contribution in [2.24, 2.45) is 28.3 Å². The number of hydrogen-bond acceptors (Lipinski definition) is 3. The highest BCUT2D eigenvalue weighted by Crippen LogP contribution is 2.59. The summed E-state index contributed by atoms with van der Waals surface area (Å²) < 4.78 is 22.8. The minimum Gasteiger partial charge on any atom is -0.337 e. The number of carbonyl (C=O) groups is 1. The number of nitrogens with one attached hydrogen (secondary N) is 2. The quantitative estimate of drug-likeness (QED) is 0.766. The van der Waals surface area contributed by atoms with Gasteiger partial charge in [-0.05, 0) is 79.9 Å². The first-order chi connectivity index (χ1) is 11.8. The number of benzene rings is 1. The molecule has 0 aromatic heterocycles. The van der Waals surface area contributed by atoms with Crippen molar-refractivity contribution in [3.05, 3.63) is 24.3 Å². The van der Waals surface area contributed by atoms with Gasteiger partial charge in [0.1, 0.15) is 0 Å². The van der Waals surface area contributed by atoms with E-state index in [9.17, 15) is 13.2 Å². The summed E-state index contributed by atoms with van der Waals surface area (Å²) in [6.45, 7) is 0.706. The fraction of sp³-hybridized carbons (Fsp3) is 0.611. The number of anilines is 1. The number of hydrogen-bond donors (Lipinski definition) is 3. The maximum atomic E-state index is 12.3. The molecule has 4 aliphatic rings. The van der Waals surface area contributed by atoms with Crippen LogP contribution in [0.15, 0.2) is 29.2 Å². The molecule has 0 atom stereocenters. The second kappa shape index (κ2) is 5.99.